The van der Waals surface area contributed by atoms with Crippen LogP contribution in [0.25, 0.3) is 0 Å². The maximum Gasteiger partial charge on any atom is 0.186 e. The van der Waals surface area contributed by atoms with Crippen molar-refractivity contribution in [1.29, 1.82) is 0 Å². The van der Waals surface area contributed by atoms with Gasteiger partial charge in [-0.3, -0.25) is 9.69 Å². The molecule has 0 bridgehead atoms. The highest BCUT2D eigenvalue weighted by Crippen LogP contribution is 2.22. The van der Waals surface area contributed by atoms with Crippen LogP contribution < -0.4 is 0 Å². The predicted molar refractivity (Wildman–Crippen MR) is 77.9 cm³/mol. The summed E-state index contributed by atoms with van der Waals surface area (Å²) >= 11 is 4.90. The van der Waals surface area contributed by atoms with Crippen molar-refractivity contribution in [3.8, 4) is 0 Å². The van der Waals surface area contributed by atoms with Gasteiger partial charge in [-0.1, -0.05) is 13.8 Å². The predicted octanol–water partition coefficient (Wildman–Crippen LogP) is 4.06. The van der Waals surface area contributed by atoms with Gasteiger partial charge in [0.25, 0.3) is 0 Å². The average molecular weight is 318 g/mol. The summed E-state index contributed by atoms with van der Waals surface area (Å²) in [6, 6.07) is 4.23. The molecular formula is C13H20BrNOS. The molecule has 0 spiro atoms. The molecule has 0 saturated heterocycles. The monoisotopic (exact) mass is 317 g/mol. The smallest absolute Gasteiger partial charge is 0.186 e. The molecule has 17 heavy (non-hydrogen) atoms. The minimum Gasteiger partial charge on any atom is -0.293 e. The molecule has 0 aliphatic rings. The van der Waals surface area contributed by atoms with Crippen LogP contribution in [0.5, 0.6) is 0 Å². The highest BCUT2D eigenvalue weighted by atomic mass is 79.9. The van der Waals surface area contributed by atoms with E-state index in [1.807, 2.05) is 12.1 Å². The van der Waals surface area contributed by atoms with Crippen LogP contribution in [0, 0.1) is 5.92 Å². The van der Waals surface area contributed by atoms with Gasteiger partial charge in [-0.15, -0.1) is 11.3 Å². The maximum atomic E-state index is 12.1. The Morgan fingerprint density at radius 3 is 2.41 bits per heavy atom. The van der Waals surface area contributed by atoms with Gasteiger partial charge in [-0.25, -0.2) is 0 Å². The number of hydrogen-bond acceptors (Lipinski definition) is 3. The van der Waals surface area contributed by atoms with Gasteiger partial charge in [0.15, 0.2) is 5.78 Å². The second-order valence-corrected chi connectivity index (χ2v) is 7.41. The summed E-state index contributed by atoms with van der Waals surface area (Å²) in [5.41, 5.74) is 0. The van der Waals surface area contributed by atoms with Crippen molar-refractivity contribution in [1.82, 2.24) is 4.90 Å². The normalized spacial score (nSPS) is 11.8. The molecule has 0 aliphatic carbocycles. The van der Waals surface area contributed by atoms with E-state index < -0.39 is 0 Å². The Morgan fingerprint density at radius 1 is 1.35 bits per heavy atom. The number of nitrogens with zero attached hydrogens (tertiary/aromatic N) is 1. The van der Waals surface area contributed by atoms with E-state index in [0.717, 1.165) is 15.2 Å². The molecule has 4 heteroatoms. The summed E-state index contributed by atoms with van der Waals surface area (Å²) in [5, 5.41) is 0. The first-order valence-corrected chi connectivity index (χ1v) is 7.53. The Morgan fingerprint density at radius 2 is 2.00 bits per heavy atom. The lowest BCUT2D eigenvalue weighted by Crippen LogP contribution is -2.38. The first-order chi connectivity index (χ1) is 7.90. The minimum absolute atomic E-state index is 0.218. The van der Waals surface area contributed by atoms with Crippen molar-refractivity contribution in [3.63, 3.8) is 0 Å². The number of ketones is 1. The van der Waals surface area contributed by atoms with Crippen LogP contribution in [0.15, 0.2) is 15.9 Å². The van der Waals surface area contributed by atoms with Gasteiger partial charge in [0.2, 0.25) is 0 Å². The fourth-order valence-corrected chi connectivity index (χ4v) is 2.97. The van der Waals surface area contributed by atoms with Gasteiger partial charge in [0, 0.05) is 12.6 Å². The Labute approximate surface area is 116 Å². The van der Waals surface area contributed by atoms with Gasteiger partial charge < -0.3 is 0 Å². The third-order valence-corrected chi connectivity index (χ3v) is 4.19. The highest BCUT2D eigenvalue weighted by Gasteiger charge is 2.17. The number of hydrogen-bond donors (Lipinski definition) is 0. The Hall–Kier alpha value is -0.190. The van der Waals surface area contributed by atoms with E-state index in [2.05, 4.69) is 48.5 Å². The second kappa shape index (κ2) is 6.66. The van der Waals surface area contributed by atoms with Crippen LogP contribution in [0.2, 0.25) is 0 Å². The number of carbonyl (C=O) groups excluding carboxylic acids is 1. The van der Waals surface area contributed by atoms with Crippen molar-refractivity contribution in [2.75, 3.05) is 13.1 Å². The molecule has 0 aromatic carbocycles. The lowest BCUT2D eigenvalue weighted by Gasteiger charge is -2.27. The number of rotatable bonds is 6. The van der Waals surface area contributed by atoms with Crippen LogP contribution in [0.4, 0.5) is 0 Å². The van der Waals surface area contributed by atoms with Crippen LogP contribution in [-0.4, -0.2) is 29.8 Å². The first-order valence-electron chi connectivity index (χ1n) is 5.92. The summed E-state index contributed by atoms with van der Waals surface area (Å²) in [7, 11) is 0. The van der Waals surface area contributed by atoms with Gasteiger partial charge in [0.1, 0.15) is 0 Å². The van der Waals surface area contributed by atoms with E-state index in [-0.39, 0.29) is 5.78 Å². The van der Waals surface area contributed by atoms with Crippen LogP contribution in [-0.2, 0) is 0 Å². The van der Waals surface area contributed by atoms with Gasteiger partial charge >= 0.3 is 0 Å². The van der Waals surface area contributed by atoms with Crippen LogP contribution >= 0.6 is 27.3 Å². The lowest BCUT2D eigenvalue weighted by molar-refractivity contribution is 0.0897. The molecule has 0 fully saturated rings. The van der Waals surface area contributed by atoms with Crippen LogP contribution in [0.1, 0.15) is 37.4 Å². The van der Waals surface area contributed by atoms with E-state index >= 15 is 0 Å². The quantitative estimate of drug-likeness (QED) is 0.737. The first kappa shape index (κ1) is 14.9. The molecule has 1 heterocycles. The van der Waals surface area contributed by atoms with Crippen LogP contribution in [0.3, 0.4) is 0 Å². The molecule has 0 radical (unpaired) electrons. The van der Waals surface area contributed by atoms with Gasteiger partial charge in [-0.05, 0) is 47.8 Å². The average Bonchev–Trinajstić information content (AvgIpc) is 2.63. The van der Waals surface area contributed by atoms with Gasteiger partial charge in [0.05, 0.1) is 15.2 Å². The molecule has 1 aromatic heterocycles. The fourth-order valence-electron chi connectivity index (χ4n) is 1.65. The van der Waals surface area contributed by atoms with Gasteiger partial charge in [-0.2, -0.15) is 0 Å². The number of halogens is 1. The Kier molecular flexibility index (Phi) is 5.83. The van der Waals surface area contributed by atoms with Crippen molar-refractivity contribution in [2.45, 2.75) is 33.7 Å². The number of Topliss-reactive ketones (excluding diaryl/α,β-unsaturated/α-hetero) is 1. The lowest BCUT2D eigenvalue weighted by atomic mass is 10.1. The zero-order valence-electron chi connectivity index (χ0n) is 10.9. The van der Waals surface area contributed by atoms with Crippen molar-refractivity contribution < 1.29 is 4.79 Å². The van der Waals surface area contributed by atoms with E-state index in [9.17, 15) is 4.79 Å². The molecule has 2 nitrogen and oxygen atoms in total. The molecular weight excluding hydrogens is 298 g/mol. The Bertz CT molecular complexity index is 373. The molecule has 0 unspecified atom stereocenters. The third-order valence-electron chi connectivity index (χ3n) is 2.52. The van der Waals surface area contributed by atoms with E-state index in [1.165, 1.54) is 11.3 Å². The topological polar surface area (TPSA) is 20.3 Å². The SMILES string of the molecule is CC(C)CN(CC(=O)c1ccc(Br)s1)C(C)C. The number of carbonyl (C=O) groups is 1. The van der Waals surface area contributed by atoms with Crippen molar-refractivity contribution >= 4 is 33.0 Å². The molecule has 96 valence electrons. The summed E-state index contributed by atoms with van der Waals surface area (Å²) in [6.45, 7) is 10.1. The summed E-state index contributed by atoms with van der Waals surface area (Å²) < 4.78 is 1.01. The summed E-state index contributed by atoms with van der Waals surface area (Å²) in [4.78, 5) is 15.2. The third kappa shape index (κ3) is 4.90. The molecule has 0 N–H and O–H groups in total. The summed E-state index contributed by atoms with van der Waals surface area (Å²) in [6.07, 6.45) is 0. The molecule has 0 atom stereocenters. The molecule has 0 amide bonds. The van der Waals surface area contributed by atoms with E-state index in [4.69, 9.17) is 0 Å². The minimum atomic E-state index is 0.218. The zero-order chi connectivity index (χ0) is 13.0. The zero-order valence-corrected chi connectivity index (χ0v) is 13.3. The highest BCUT2D eigenvalue weighted by molar-refractivity contribution is 9.11. The fraction of sp³-hybridized carbons (Fsp3) is 0.615. The van der Waals surface area contributed by atoms with Crippen molar-refractivity contribution in [2.24, 2.45) is 5.92 Å². The standard InChI is InChI=1S/C13H20BrNOS/c1-9(2)7-15(10(3)4)8-11(16)12-5-6-13(14)17-12/h5-6,9-10H,7-8H2,1-4H3. The van der Waals surface area contributed by atoms with E-state index in [1.54, 1.807) is 0 Å². The summed E-state index contributed by atoms with van der Waals surface area (Å²) in [5.74, 6) is 0.801. The number of thiophene rings is 1. The second-order valence-electron chi connectivity index (χ2n) is 4.94. The largest absolute Gasteiger partial charge is 0.293 e. The maximum absolute atomic E-state index is 12.1. The van der Waals surface area contributed by atoms with E-state index in [0.29, 0.717) is 18.5 Å². The molecule has 0 aliphatic heterocycles. The molecule has 1 aromatic rings. The molecule has 0 saturated carbocycles. The van der Waals surface area contributed by atoms with Crippen molar-refractivity contribution in [3.05, 3.63) is 20.8 Å². The Balaban J connectivity index is 2.64. The molecule has 1 rings (SSSR count).